The zero-order valence-corrected chi connectivity index (χ0v) is 12.2. The minimum atomic E-state index is -0.646. The highest BCUT2D eigenvalue weighted by molar-refractivity contribution is 5.85. The molecule has 1 aromatic carbocycles. The Kier molecular flexibility index (Phi) is 3.45. The van der Waals surface area contributed by atoms with E-state index in [0.29, 0.717) is 0 Å². The van der Waals surface area contributed by atoms with Gasteiger partial charge in [-0.3, -0.25) is 4.79 Å². The van der Waals surface area contributed by atoms with E-state index in [1.54, 1.807) is 0 Å². The van der Waals surface area contributed by atoms with Crippen molar-refractivity contribution >= 4 is 11.7 Å². The topological polar surface area (TPSA) is 40.5 Å². The van der Waals surface area contributed by atoms with Crippen molar-refractivity contribution in [1.82, 2.24) is 0 Å². The Hall–Kier alpha value is -1.51. The van der Waals surface area contributed by atoms with Gasteiger partial charge < -0.3 is 10.0 Å². The average molecular weight is 273 g/mol. The second-order valence-corrected chi connectivity index (χ2v) is 6.31. The van der Waals surface area contributed by atoms with E-state index in [0.717, 1.165) is 49.2 Å². The molecule has 20 heavy (non-hydrogen) atoms. The number of carboxylic acid groups (broad SMARTS) is 1. The minimum absolute atomic E-state index is 0.626. The van der Waals surface area contributed by atoms with Gasteiger partial charge in [0.1, 0.15) is 0 Å². The van der Waals surface area contributed by atoms with Gasteiger partial charge in [-0.1, -0.05) is 24.1 Å². The zero-order chi connectivity index (χ0) is 14.2. The summed E-state index contributed by atoms with van der Waals surface area (Å²) in [5.41, 5.74) is 2.75. The third-order valence-corrected chi connectivity index (χ3v) is 4.98. The van der Waals surface area contributed by atoms with Crippen LogP contribution in [0.4, 0.5) is 5.69 Å². The summed E-state index contributed by atoms with van der Waals surface area (Å²) < 4.78 is 0. The van der Waals surface area contributed by atoms with Crippen LogP contribution in [-0.2, 0) is 10.2 Å². The fraction of sp³-hybridized carbons (Fsp3) is 0.588. The highest BCUT2D eigenvalue weighted by Crippen LogP contribution is 2.48. The normalized spacial score (nSPS) is 21.4. The van der Waals surface area contributed by atoms with Crippen LogP contribution in [0.3, 0.4) is 0 Å². The van der Waals surface area contributed by atoms with Crippen LogP contribution >= 0.6 is 0 Å². The number of aryl methyl sites for hydroxylation is 1. The molecule has 1 aliphatic heterocycles. The first-order valence-corrected chi connectivity index (χ1v) is 7.73. The monoisotopic (exact) mass is 273 g/mol. The van der Waals surface area contributed by atoms with Gasteiger partial charge in [0.25, 0.3) is 0 Å². The summed E-state index contributed by atoms with van der Waals surface area (Å²) in [6.45, 7) is 4.18. The maximum Gasteiger partial charge on any atom is 0.314 e. The molecule has 1 aliphatic carbocycles. The first-order chi connectivity index (χ1) is 9.63. The average Bonchev–Trinajstić information content (AvgIpc) is 2.38. The number of nitrogens with zero attached hydrogens (tertiary/aromatic N) is 1. The molecule has 2 aliphatic rings. The van der Waals surface area contributed by atoms with Gasteiger partial charge in [0, 0.05) is 18.8 Å². The van der Waals surface area contributed by atoms with Crippen LogP contribution < -0.4 is 4.90 Å². The summed E-state index contributed by atoms with van der Waals surface area (Å²) in [5, 5.41) is 9.73. The molecule has 1 N–H and O–H groups in total. The molecular formula is C17H23NO2. The Morgan fingerprint density at radius 1 is 1.15 bits per heavy atom. The maximum absolute atomic E-state index is 11.8. The Morgan fingerprint density at radius 3 is 2.40 bits per heavy atom. The van der Waals surface area contributed by atoms with Gasteiger partial charge in [0.2, 0.25) is 0 Å². The van der Waals surface area contributed by atoms with Crippen molar-refractivity contribution < 1.29 is 9.90 Å². The van der Waals surface area contributed by atoms with Gasteiger partial charge in [0.15, 0.2) is 0 Å². The van der Waals surface area contributed by atoms with E-state index in [-0.39, 0.29) is 0 Å². The first kappa shape index (κ1) is 13.5. The third-order valence-electron chi connectivity index (χ3n) is 4.98. The molecule has 0 aromatic heterocycles. The smallest absolute Gasteiger partial charge is 0.314 e. The summed E-state index contributed by atoms with van der Waals surface area (Å²) in [6.07, 6.45) is 6.32. The van der Waals surface area contributed by atoms with Crippen LogP contribution in [0.25, 0.3) is 0 Å². The highest BCUT2D eigenvalue weighted by Gasteiger charge is 2.47. The quantitative estimate of drug-likeness (QED) is 0.916. The predicted molar refractivity (Wildman–Crippen MR) is 80.4 cm³/mol. The third kappa shape index (κ3) is 2.09. The predicted octanol–water partition coefficient (Wildman–Crippen LogP) is 3.49. The SMILES string of the molecule is Cc1ccc(N2CCCCC2)c(C2(C(=O)O)CCC2)c1. The molecular weight excluding hydrogens is 250 g/mol. The van der Waals surface area contributed by atoms with Gasteiger partial charge in [-0.2, -0.15) is 0 Å². The number of piperidine rings is 1. The van der Waals surface area contributed by atoms with Crippen molar-refractivity contribution in [3.63, 3.8) is 0 Å². The second kappa shape index (κ2) is 5.12. The molecule has 2 fully saturated rings. The fourth-order valence-electron chi connectivity index (χ4n) is 3.57. The highest BCUT2D eigenvalue weighted by atomic mass is 16.4. The largest absolute Gasteiger partial charge is 0.481 e. The van der Waals surface area contributed by atoms with Crippen LogP contribution in [0.5, 0.6) is 0 Å². The molecule has 3 nitrogen and oxygen atoms in total. The Labute approximate surface area is 120 Å². The number of rotatable bonds is 3. The van der Waals surface area contributed by atoms with Gasteiger partial charge in [0.05, 0.1) is 5.41 Å². The second-order valence-electron chi connectivity index (χ2n) is 6.31. The summed E-state index contributed by atoms with van der Waals surface area (Å²) in [6, 6.07) is 6.36. The van der Waals surface area contributed by atoms with E-state index in [1.807, 2.05) is 0 Å². The number of carbonyl (C=O) groups is 1. The lowest BCUT2D eigenvalue weighted by Crippen LogP contribution is -2.44. The van der Waals surface area contributed by atoms with Gasteiger partial charge in [-0.15, -0.1) is 0 Å². The summed E-state index contributed by atoms with van der Waals surface area (Å²) in [7, 11) is 0. The standard InChI is InChI=1S/C17H23NO2/c1-13-6-7-15(18-10-3-2-4-11-18)14(12-13)17(16(19)20)8-5-9-17/h6-7,12H,2-5,8-11H2,1H3,(H,19,20). The summed E-state index contributed by atoms with van der Waals surface area (Å²) in [4.78, 5) is 14.2. The molecule has 0 atom stereocenters. The minimum Gasteiger partial charge on any atom is -0.481 e. The number of aliphatic carboxylic acids is 1. The number of anilines is 1. The fourth-order valence-corrected chi connectivity index (χ4v) is 3.57. The van der Waals surface area contributed by atoms with Crippen molar-refractivity contribution in [1.29, 1.82) is 0 Å². The van der Waals surface area contributed by atoms with Gasteiger partial charge >= 0.3 is 5.97 Å². The molecule has 3 rings (SSSR count). The number of hydrogen-bond acceptors (Lipinski definition) is 2. The number of carboxylic acids is 1. The maximum atomic E-state index is 11.8. The van der Waals surface area contributed by atoms with Crippen LogP contribution in [0.15, 0.2) is 18.2 Å². The Balaban J connectivity index is 2.04. The van der Waals surface area contributed by atoms with Crippen molar-refractivity contribution in [2.24, 2.45) is 0 Å². The molecule has 1 heterocycles. The van der Waals surface area contributed by atoms with E-state index in [1.165, 1.54) is 19.3 Å². The van der Waals surface area contributed by atoms with Crippen molar-refractivity contribution in [2.75, 3.05) is 18.0 Å². The van der Waals surface area contributed by atoms with E-state index in [9.17, 15) is 9.90 Å². The summed E-state index contributed by atoms with van der Waals surface area (Å²) in [5.74, 6) is -0.646. The van der Waals surface area contributed by atoms with Crippen molar-refractivity contribution in [2.45, 2.75) is 50.9 Å². The Morgan fingerprint density at radius 2 is 1.85 bits per heavy atom. The molecule has 1 aromatic rings. The van der Waals surface area contributed by atoms with Crippen molar-refractivity contribution in [3.8, 4) is 0 Å². The molecule has 1 saturated carbocycles. The van der Waals surface area contributed by atoms with Crippen LogP contribution in [-0.4, -0.2) is 24.2 Å². The molecule has 0 radical (unpaired) electrons. The molecule has 0 amide bonds. The molecule has 0 bridgehead atoms. The van der Waals surface area contributed by atoms with E-state index >= 15 is 0 Å². The van der Waals surface area contributed by atoms with Crippen LogP contribution in [0.1, 0.15) is 49.7 Å². The van der Waals surface area contributed by atoms with Crippen LogP contribution in [0, 0.1) is 6.92 Å². The molecule has 3 heteroatoms. The molecule has 0 unspecified atom stereocenters. The van der Waals surface area contributed by atoms with Crippen molar-refractivity contribution in [3.05, 3.63) is 29.3 Å². The van der Waals surface area contributed by atoms with Gasteiger partial charge in [-0.25, -0.2) is 0 Å². The van der Waals surface area contributed by atoms with Gasteiger partial charge in [-0.05, 0) is 50.7 Å². The van der Waals surface area contributed by atoms with E-state index in [2.05, 4.69) is 30.0 Å². The van der Waals surface area contributed by atoms with E-state index < -0.39 is 11.4 Å². The van der Waals surface area contributed by atoms with E-state index in [4.69, 9.17) is 0 Å². The number of benzene rings is 1. The molecule has 1 saturated heterocycles. The zero-order valence-electron chi connectivity index (χ0n) is 12.2. The summed E-state index contributed by atoms with van der Waals surface area (Å²) >= 11 is 0. The van der Waals surface area contributed by atoms with Crippen LogP contribution in [0.2, 0.25) is 0 Å². The lowest BCUT2D eigenvalue weighted by Gasteiger charge is -2.42. The molecule has 0 spiro atoms. The molecule has 108 valence electrons. The number of hydrogen-bond donors (Lipinski definition) is 1. The lowest BCUT2D eigenvalue weighted by atomic mass is 9.63. The lowest BCUT2D eigenvalue weighted by molar-refractivity contribution is -0.147. The Bertz CT molecular complexity index is 514. The first-order valence-electron chi connectivity index (χ1n) is 7.73.